The van der Waals surface area contributed by atoms with Crippen LogP contribution in [0, 0.1) is 0 Å². The summed E-state index contributed by atoms with van der Waals surface area (Å²) in [5, 5.41) is 3.39. The van der Waals surface area contributed by atoms with Gasteiger partial charge in [-0.15, -0.1) is 0 Å². The van der Waals surface area contributed by atoms with Gasteiger partial charge in [0.1, 0.15) is 5.75 Å². The Kier molecular flexibility index (Phi) is 5.46. The van der Waals surface area contributed by atoms with Crippen molar-refractivity contribution in [3.05, 3.63) is 53.1 Å². The van der Waals surface area contributed by atoms with Crippen LogP contribution in [-0.2, 0) is 0 Å². The van der Waals surface area contributed by atoms with Crippen LogP contribution in [-0.4, -0.2) is 51.1 Å². The highest BCUT2D eigenvalue weighted by molar-refractivity contribution is 6.31. The summed E-state index contributed by atoms with van der Waals surface area (Å²) >= 11 is 5.99. The number of piperazine rings is 1. The molecule has 0 unspecified atom stereocenters. The van der Waals surface area contributed by atoms with Crippen molar-refractivity contribution in [1.82, 2.24) is 4.90 Å². The molecule has 3 rings (SSSR count). The minimum absolute atomic E-state index is 0.244. The normalized spacial score (nSPS) is 15.1. The van der Waals surface area contributed by atoms with E-state index in [0.717, 1.165) is 31.9 Å². The number of hydrogen-bond donors (Lipinski definition) is 1. The Morgan fingerprint density at radius 2 is 1.76 bits per heavy atom. The van der Waals surface area contributed by atoms with Gasteiger partial charge in [0.25, 0.3) is 5.91 Å². The molecule has 0 atom stereocenters. The summed E-state index contributed by atoms with van der Waals surface area (Å²) in [7, 11) is 3.67. The quantitative estimate of drug-likeness (QED) is 0.909. The van der Waals surface area contributed by atoms with E-state index >= 15 is 0 Å². The number of benzene rings is 2. The van der Waals surface area contributed by atoms with Crippen LogP contribution in [0.5, 0.6) is 5.75 Å². The van der Waals surface area contributed by atoms with E-state index in [1.807, 2.05) is 24.3 Å². The molecule has 0 radical (unpaired) electrons. The molecule has 132 valence electrons. The largest absolute Gasteiger partial charge is 0.496 e. The highest BCUT2D eigenvalue weighted by atomic mass is 35.5. The van der Waals surface area contributed by atoms with E-state index in [1.54, 1.807) is 18.2 Å². The zero-order chi connectivity index (χ0) is 17.8. The highest BCUT2D eigenvalue weighted by Crippen LogP contribution is 2.25. The Balaban J connectivity index is 1.69. The van der Waals surface area contributed by atoms with Crippen LogP contribution in [0.4, 0.5) is 11.4 Å². The van der Waals surface area contributed by atoms with Crippen molar-refractivity contribution in [2.24, 2.45) is 0 Å². The van der Waals surface area contributed by atoms with Gasteiger partial charge in [-0.05, 0) is 49.5 Å². The first-order chi connectivity index (χ1) is 12.1. The first-order valence-electron chi connectivity index (χ1n) is 8.25. The number of carbonyl (C=O) groups excluding carboxylic acids is 1. The van der Waals surface area contributed by atoms with Crippen molar-refractivity contribution in [1.29, 1.82) is 0 Å². The predicted octanol–water partition coefficient (Wildman–Crippen LogP) is 3.35. The maximum atomic E-state index is 12.5. The van der Waals surface area contributed by atoms with Crippen LogP contribution in [0.25, 0.3) is 0 Å². The molecule has 2 aromatic rings. The molecule has 1 fully saturated rings. The van der Waals surface area contributed by atoms with Gasteiger partial charge in [-0.3, -0.25) is 4.79 Å². The second kappa shape index (κ2) is 7.76. The third-order valence-electron chi connectivity index (χ3n) is 4.40. The van der Waals surface area contributed by atoms with Crippen molar-refractivity contribution in [3.8, 4) is 5.75 Å². The second-order valence-corrected chi connectivity index (χ2v) is 6.57. The lowest BCUT2D eigenvalue weighted by Gasteiger charge is -2.34. The van der Waals surface area contributed by atoms with Crippen molar-refractivity contribution >= 4 is 28.9 Å². The maximum Gasteiger partial charge on any atom is 0.259 e. The third kappa shape index (κ3) is 4.24. The van der Waals surface area contributed by atoms with Gasteiger partial charge >= 0.3 is 0 Å². The average Bonchev–Trinajstić information content (AvgIpc) is 2.63. The molecule has 0 saturated carbocycles. The monoisotopic (exact) mass is 359 g/mol. The number of hydrogen-bond acceptors (Lipinski definition) is 4. The fraction of sp³-hybridized carbons (Fsp3) is 0.316. The highest BCUT2D eigenvalue weighted by Gasteiger charge is 2.15. The maximum absolute atomic E-state index is 12.5. The summed E-state index contributed by atoms with van der Waals surface area (Å²) < 4.78 is 5.24. The topological polar surface area (TPSA) is 44.8 Å². The molecule has 2 aromatic carbocycles. The van der Waals surface area contributed by atoms with E-state index < -0.39 is 0 Å². The molecule has 0 aromatic heterocycles. The minimum atomic E-state index is -0.244. The number of nitrogens with zero attached hydrogens (tertiary/aromatic N) is 2. The fourth-order valence-corrected chi connectivity index (χ4v) is 3.05. The number of amides is 1. The lowest BCUT2D eigenvalue weighted by molar-refractivity contribution is 0.102. The van der Waals surface area contributed by atoms with Crippen LogP contribution in [0.3, 0.4) is 0 Å². The fourth-order valence-electron chi connectivity index (χ4n) is 2.88. The summed E-state index contributed by atoms with van der Waals surface area (Å²) in [6, 6.07) is 12.9. The predicted molar refractivity (Wildman–Crippen MR) is 102 cm³/mol. The molecule has 1 amide bonds. The Hall–Kier alpha value is -2.24. The van der Waals surface area contributed by atoms with Gasteiger partial charge < -0.3 is 19.9 Å². The summed E-state index contributed by atoms with van der Waals surface area (Å²) in [6.07, 6.45) is 0. The van der Waals surface area contributed by atoms with Crippen LogP contribution < -0.4 is 15.0 Å². The number of ether oxygens (including phenoxy) is 1. The van der Waals surface area contributed by atoms with Gasteiger partial charge in [0.15, 0.2) is 0 Å². The number of nitrogens with one attached hydrogen (secondary N) is 1. The van der Waals surface area contributed by atoms with Crippen LogP contribution in [0.1, 0.15) is 10.4 Å². The number of carbonyl (C=O) groups is 1. The molecule has 1 heterocycles. The molecule has 1 aliphatic heterocycles. The Morgan fingerprint density at radius 1 is 1.08 bits per heavy atom. The van der Waals surface area contributed by atoms with Crippen LogP contribution in [0.15, 0.2) is 42.5 Å². The summed E-state index contributed by atoms with van der Waals surface area (Å²) in [6.45, 7) is 4.16. The standard InChI is InChI=1S/C19H22ClN3O2/c1-22-9-11-23(12-10-22)16-6-4-15(5-7-16)21-19(24)17-13-14(20)3-8-18(17)25-2/h3-8,13H,9-12H2,1-2H3,(H,21,24). The van der Waals surface area contributed by atoms with Gasteiger partial charge in [0.2, 0.25) is 0 Å². The summed E-state index contributed by atoms with van der Waals surface area (Å²) in [5.41, 5.74) is 2.33. The van der Waals surface area contributed by atoms with Crippen molar-refractivity contribution in [2.45, 2.75) is 0 Å². The molecule has 1 saturated heterocycles. The SMILES string of the molecule is COc1ccc(Cl)cc1C(=O)Nc1ccc(N2CCN(C)CC2)cc1. The zero-order valence-electron chi connectivity index (χ0n) is 14.5. The van der Waals surface area contributed by atoms with Gasteiger partial charge in [-0.1, -0.05) is 11.6 Å². The van der Waals surface area contributed by atoms with E-state index in [-0.39, 0.29) is 5.91 Å². The lowest BCUT2D eigenvalue weighted by Crippen LogP contribution is -2.44. The second-order valence-electron chi connectivity index (χ2n) is 6.14. The Bertz CT molecular complexity index is 741. The number of anilines is 2. The summed E-state index contributed by atoms with van der Waals surface area (Å²) in [5.74, 6) is 0.252. The number of rotatable bonds is 4. The van der Waals surface area contributed by atoms with Crippen LogP contribution >= 0.6 is 11.6 Å². The molecule has 0 bridgehead atoms. The average molecular weight is 360 g/mol. The molecular weight excluding hydrogens is 338 g/mol. The number of methoxy groups -OCH3 is 1. The van der Waals surface area contributed by atoms with Crippen molar-refractivity contribution in [3.63, 3.8) is 0 Å². The number of likely N-dealkylation sites (N-methyl/N-ethyl adjacent to an activating group) is 1. The van der Waals surface area contributed by atoms with E-state index in [1.165, 1.54) is 12.8 Å². The van der Waals surface area contributed by atoms with Gasteiger partial charge in [0, 0.05) is 42.6 Å². The molecule has 0 spiro atoms. The van der Waals surface area contributed by atoms with E-state index in [9.17, 15) is 4.79 Å². The molecule has 0 aliphatic carbocycles. The van der Waals surface area contributed by atoms with Gasteiger partial charge in [-0.25, -0.2) is 0 Å². The lowest BCUT2D eigenvalue weighted by atomic mass is 10.1. The molecule has 5 nitrogen and oxygen atoms in total. The first kappa shape index (κ1) is 17.6. The smallest absolute Gasteiger partial charge is 0.259 e. The van der Waals surface area contributed by atoms with Gasteiger partial charge in [-0.2, -0.15) is 0 Å². The van der Waals surface area contributed by atoms with E-state index in [2.05, 4.69) is 22.2 Å². The molecule has 1 N–H and O–H groups in total. The Labute approximate surface area is 153 Å². The van der Waals surface area contributed by atoms with Crippen LogP contribution in [0.2, 0.25) is 5.02 Å². The number of halogens is 1. The Morgan fingerprint density at radius 3 is 2.40 bits per heavy atom. The molecular formula is C19H22ClN3O2. The minimum Gasteiger partial charge on any atom is -0.496 e. The van der Waals surface area contributed by atoms with Crippen molar-refractivity contribution < 1.29 is 9.53 Å². The zero-order valence-corrected chi connectivity index (χ0v) is 15.2. The molecule has 1 aliphatic rings. The van der Waals surface area contributed by atoms with Crippen molar-refractivity contribution in [2.75, 3.05) is 50.6 Å². The molecule has 25 heavy (non-hydrogen) atoms. The van der Waals surface area contributed by atoms with Gasteiger partial charge in [0.05, 0.1) is 12.7 Å². The molecule has 6 heteroatoms. The summed E-state index contributed by atoms with van der Waals surface area (Å²) in [4.78, 5) is 17.2. The third-order valence-corrected chi connectivity index (χ3v) is 4.63. The first-order valence-corrected chi connectivity index (χ1v) is 8.63. The van der Waals surface area contributed by atoms with E-state index in [0.29, 0.717) is 16.3 Å². The van der Waals surface area contributed by atoms with E-state index in [4.69, 9.17) is 16.3 Å².